The number of rotatable bonds is 2. The lowest BCUT2D eigenvalue weighted by Crippen LogP contribution is -1.97. The highest BCUT2D eigenvalue weighted by Crippen LogP contribution is 2.26. The smallest absolute Gasteiger partial charge is 0.337 e. The summed E-state index contributed by atoms with van der Waals surface area (Å²) in [4.78, 5) is 14.6. The van der Waals surface area contributed by atoms with Crippen LogP contribution < -0.4 is 0 Å². The molecule has 1 aromatic heterocycles. The van der Waals surface area contributed by atoms with Crippen LogP contribution in [0.5, 0.6) is 0 Å². The topological polar surface area (TPSA) is 50.2 Å². The molecule has 1 aliphatic carbocycles. The van der Waals surface area contributed by atoms with Gasteiger partial charge < -0.3 is 5.11 Å². The predicted molar refractivity (Wildman–Crippen MR) is 64.6 cm³/mol. The first kappa shape index (κ1) is 11.7. The van der Waals surface area contributed by atoms with Gasteiger partial charge in [0.05, 0.1) is 5.56 Å². The van der Waals surface area contributed by atoms with Crippen molar-refractivity contribution in [3.63, 3.8) is 0 Å². The second kappa shape index (κ2) is 5.49. The van der Waals surface area contributed by atoms with Gasteiger partial charge in [-0.3, -0.25) is 0 Å². The summed E-state index contributed by atoms with van der Waals surface area (Å²) in [5.41, 5.74) is 0.847. The highest BCUT2D eigenvalue weighted by Gasteiger charge is 2.12. The van der Waals surface area contributed by atoms with E-state index in [-0.39, 0.29) is 5.56 Å². The summed E-state index contributed by atoms with van der Waals surface area (Å²) in [7, 11) is 0. The largest absolute Gasteiger partial charge is 0.478 e. The van der Waals surface area contributed by atoms with Gasteiger partial charge in [-0.25, -0.2) is 9.78 Å². The number of carbonyl (C=O) groups is 1. The zero-order chi connectivity index (χ0) is 12.1. The van der Waals surface area contributed by atoms with Crippen molar-refractivity contribution < 1.29 is 9.90 Å². The molecule has 0 bridgehead atoms. The van der Waals surface area contributed by atoms with Crippen molar-refractivity contribution in [2.75, 3.05) is 0 Å². The van der Waals surface area contributed by atoms with Crippen LogP contribution in [-0.2, 0) is 0 Å². The van der Waals surface area contributed by atoms with Gasteiger partial charge in [-0.2, -0.15) is 0 Å². The average molecular weight is 229 g/mol. The predicted octanol–water partition coefficient (Wildman–Crippen LogP) is 2.71. The zero-order valence-corrected chi connectivity index (χ0v) is 9.65. The van der Waals surface area contributed by atoms with Gasteiger partial charge in [0, 0.05) is 12.6 Å². The van der Waals surface area contributed by atoms with Gasteiger partial charge in [0.2, 0.25) is 0 Å². The van der Waals surface area contributed by atoms with E-state index >= 15 is 0 Å². The van der Waals surface area contributed by atoms with Gasteiger partial charge in [0.15, 0.2) is 0 Å². The molecule has 0 amide bonds. The molecule has 88 valence electrons. The lowest BCUT2D eigenvalue weighted by atomic mass is 10.0. The van der Waals surface area contributed by atoms with Gasteiger partial charge in [-0.1, -0.05) is 18.8 Å². The number of carboxylic acid groups (broad SMARTS) is 1. The number of carboxylic acids is 1. The van der Waals surface area contributed by atoms with Crippen LogP contribution in [0, 0.1) is 17.8 Å². The molecule has 3 heteroatoms. The van der Waals surface area contributed by atoms with Crippen LogP contribution in [0.3, 0.4) is 0 Å². The van der Waals surface area contributed by atoms with E-state index in [4.69, 9.17) is 5.11 Å². The normalized spacial score (nSPS) is 15.3. The SMILES string of the molecule is O=C(O)c1ccc(C#CCC2CCCC2)nc1. The molecule has 0 saturated heterocycles. The minimum atomic E-state index is -0.956. The summed E-state index contributed by atoms with van der Waals surface area (Å²) in [6.45, 7) is 0. The average Bonchev–Trinajstić information content (AvgIpc) is 2.83. The standard InChI is InChI=1S/C14H15NO2/c16-14(17)12-8-9-13(15-10-12)7-3-6-11-4-1-2-5-11/h8-11H,1-2,4-6H2,(H,16,17). The maximum atomic E-state index is 10.6. The fourth-order valence-electron chi connectivity index (χ4n) is 2.09. The van der Waals surface area contributed by atoms with Crippen LogP contribution in [-0.4, -0.2) is 16.1 Å². The Labute approximate surface area is 101 Å². The summed E-state index contributed by atoms with van der Waals surface area (Å²) in [6.07, 6.45) is 7.53. The van der Waals surface area contributed by atoms with Gasteiger partial charge in [-0.05, 0) is 36.8 Å². The molecule has 0 atom stereocenters. The van der Waals surface area contributed by atoms with Crippen molar-refractivity contribution in [2.45, 2.75) is 32.1 Å². The maximum Gasteiger partial charge on any atom is 0.337 e. The lowest BCUT2D eigenvalue weighted by Gasteiger charge is -2.00. The van der Waals surface area contributed by atoms with Gasteiger partial charge >= 0.3 is 5.97 Å². The Morgan fingerprint density at radius 2 is 2.18 bits per heavy atom. The molecule has 0 aromatic carbocycles. The van der Waals surface area contributed by atoms with E-state index in [1.54, 1.807) is 6.07 Å². The monoisotopic (exact) mass is 229 g/mol. The minimum Gasteiger partial charge on any atom is -0.478 e. The summed E-state index contributed by atoms with van der Waals surface area (Å²) >= 11 is 0. The fraction of sp³-hybridized carbons (Fsp3) is 0.429. The third kappa shape index (κ3) is 3.32. The third-order valence-corrected chi connectivity index (χ3v) is 3.09. The van der Waals surface area contributed by atoms with Gasteiger partial charge in [0.25, 0.3) is 0 Å². The molecule has 1 fully saturated rings. The quantitative estimate of drug-likeness (QED) is 0.793. The minimum absolute atomic E-state index is 0.200. The van der Waals surface area contributed by atoms with E-state index in [1.807, 2.05) is 0 Å². The summed E-state index contributed by atoms with van der Waals surface area (Å²) in [6, 6.07) is 3.19. The number of aromatic nitrogens is 1. The van der Waals surface area contributed by atoms with Crippen LogP contribution in [0.2, 0.25) is 0 Å². The maximum absolute atomic E-state index is 10.6. The van der Waals surface area contributed by atoms with Crippen molar-refractivity contribution in [1.82, 2.24) is 4.98 Å². The molecule has 1 saturated carbocycles. The van der Waals surface area contributed by atoms with Crippen LogP contribution in [0.15, 0.2) is 18.3 Å². The Morgan fingerprint density at radius 1 is 1.41 bits per heavy atom. The second-order valence-electron chi connectivity index (χ2n) is 4.39. The molecule has 1 aromatic rings. The number of hydrogen-bond acceptors (Lipinski definition) is 2. The Morgan fingerprint density at radius 3 is 2.76 bits per heavy atom. The molecule has 1 heterocycles. The van der Waals surface area contributed by atoms with Crippen LogP contribution in [0.25, 0.3) is 0 Å². The molecule has 0 aliphatic heterocycles. The number of aromatic carboxylic acids is 1. The summed E-state index contributed by atoms with van der Waals surface area (Å²) < 4.78 is 0. The summed E-state index contributed by atoms with van der Waals surface area (Å²) in [5.74, 6) is 5.91. The van der Waals surface area contributed by atoms with E-state index in [9.17, 15) is 4.79 Å². The van der Waals surface area contributed by atoms with E-state index < -0.39 is 5.97 Å². The van der Waals surface area contributed by atoms with Crippen LogP contribution in [0.1, 0.15) is 48.2 Å². The van der Waals surface area contributed by atoms with E-state index in [0.29, 0.717) is 5.69 Å². The molecule has 0 unspecified atom stereocenters. The summed E-state index contributed by atoms with van der Waals surface area (Å²) in [5, 5.41) is 8.72. The molecular weight excluding hydrogens is 214 g/mol. The Hall–Kier alpha value is -1.82. The Bertz CT molecular complexity index is 447. The van der Waals surface area contributed by atoms with E-state index in [2.05, 4.69) is 16.8 Å². The number of nitrogens with zero attached hydrogens (tertiary/aromatic N) is 1. The molecule has 17 heavy (non-hydrogen) atoms. The Balaban J connectivity index is 1.94. The van der Waals surface area contributed by atoms with Gasteiger partial charge in [-0.15, -0.1) is 0 Å². The van der Waals surface area contributed by atoms with Crippen molar-refractivity contribution in [3.8, 4) is 11.8 Å². The van der Waals surface area contributed by atoms with Crippen molar-refractivity contribution in [2.24, 2.45) is 5.92 Å². The molecule has 1 N–H and O–H groups in total. The molecule has 2 rings (SSSR count). The first-order valence-corrected chi connectivity index (χ1v) is 5.94. The van der Waals surface area contributed by atoms with Crippen molar-refractivity contribution in [1.29, 1.82) is 0 Å². The molecule has 0 spiro atoms. The second-order valence-corrected chi connectivity index (χ2v) is 4.39. The van der Waals surface area contributed by atoms with Crippen molar-refractivity contribution in [3.05, 3.63) is 29.6 Å². The molecule has 3 nitrogen and oxygen atoms in total. The zero-order valence-electron chi connectivity index (χ0n) is 9.65. The highest BCUT2D eigenvalue weighted by atomic mass is 16.4. The molecule has 1 aliphatic rings. The van der Waals surface area contributed by atoms with E-state index in [1.165, 1.54) is 37.9 Å². The number of hydrogen-bond donors (Lipinski definition) is 1. The van der Waals surface area contributed by atoms with Gasteiger partial charge in [0.1, 0.15) is 5.69 Å². The fourth-order valence-corrected chi connectivity index (χ4v) is 2.09. The first-order valence-electron chi connectivity index (χ1n) is 5.94. The first-order chi connectivity index (χ1) is 8.25. The molecule has 0 radical (unpaired) electrons. The van der Waals surface area contributed by atoms with Crippen LogP contribution in [0.4, 0.5) is 0 Å². The molecular formula is C14H15NO2. The number of pyridine rings is 1. The lowest BCUT2D eigenvalue weighted by molar-refractivity contribution is 0.0696. The van der Waals surface area contributed by atoms with E-state index in [0.717, 1.165) is 12.3 Å². The Kier molecular flexibility index (Phi) is 3.77. The van der Waals surface area contributed by atoms with Crippen LogP contribution >= 0.6 is 0 Å². The highest BCUT2D eigenvalue weighted by molar-refractivity contribution is 5.87. The van der Waals surface area contributed by atoms with Crippen molar-refractivity contribution >= 4 is 5.97 Å². The third-order valence-electron chi connectivity index (χ3n) is 3.09.